The molecule has 2 aliphatic rings. The van der Waals surface area contributed by atoms with Gasteiger partial charge in [-0.15, -0.1) is 0 Å². The number of fused-ring (bicyclic) bond motifs is 3. The number of hydrogen-bond acceptors (Lipinski definition) is 2. The molecule has 0 radical (unpaired) electrons. The van der Waals surface area contributed by atoms with Crippen molar-refractivity contribution < 1.29 is 0 Å². The average Bonchev–Trinajstić information content (AvgIpc) is 2.44. The van der Waals surface area contributed by atoms with Gasteiger partial charge in [-0.05, 0) is 37.2 Å². The van der Waals surface area contributed by atoms with Gasteiger partial charge in [-0.3, -0.25) is 0 Å². The van der Waals surface area contributed by atoms with Crippen molar-refractivity contribution in [3.63, 3.8) is 0 Å². The Kier molecular flexibility index (Phi) is 3.86. The molecular formula is C20H32N2. The summed E-state index contributed by atoms with van der Waals surface area (Å²) in [5.74, 6) is 2.61. The first-order chi connectivity index (χ1) is 10.2. The molecule has 0 N–H and O–H groups in total. The minimum Gasteiger partial charge on any atom is -0.237 e. The molecule has 1 heterocycles. The largest absolute Gasteiger partial charge is 0.237 e. The predicted molar refractivity (Wildman–Crippen MR) is 92.5 cm³/mol. The Hall–Kier alpha value is -0.920. The fraction of sp³-hybridized carbons (Fsp3) is 0.800. The highest BCUT2D eigenvalue weighted by atomic mass is 14.9. The minimum absolute atomic E-state index is 0.0244. The van der Waals surface area contributed by atoms with E-state index in [4.69, 9.17) is 9.97 Å². The van der Waals surface area contributed by atoms with Gasteiger partial charge in [-0.25, -0.2) is 9.97 Å². The smallest absolute Gasteiger partial charge is 0.134 e. The third-order valence-electron chi connectivity index (χ3n) is 5.45. The molecule has 1 aromatic heterocycles. The second kappa shape index (κ2) is 5.32. The highest BCUT2D eigenvalue weighted by Gasteiger charge is 2.37. The molecule has 2 atom stereocenters. The predicted octanol–water partition coefficient (Wildman–Crippen LogP) is 5.29. The lowest BCUT2D eigenvalue weighted by atomic mass is 9.68. The fourth-order valence-corrected chi connectivity index (χ4v) is 4.25. The maximum absolute atomic E-state index is 5.13. The zero-order valence-electron chi connectivity index (χ0n) is 15.3. The second-order valence-electron chi connectivity index (χ2n) is 9.45. The van der Waals surface area contributed by atoms with E-state index in [9.17, 15) is 0 Å². The van der Waals surface area contributed by atoms with Crippen LogP contribution in [0.25, 0.3) is 0 Å². The first kappa shape index (κ1) is 16.0. The second-order valence-corrected chi connectivity index (χ2v) is 9.45. The van der Waals surface area contributed by atoms with Crippen molar-refractivity contribution in [3.05, 3.63) is 22.8 Å². The molecule has 122 valence electrons. The van der Waals surface area contributed by atoms with Crippen LogP contribution in [-0.4, -0.2) is 9.97 Å². The quantitative estimate of drug-likeness (QED) is 0.650. The topological polar surface area (TPSA) is 25.8 Å². The molecule has 0 aliphatic heterocycles. The maximum atomic E-state index is 5.13. The van der Waals surface area contributed by atoms with E-state index in [-0.39, 0.29) is 10.8 Å². The molecule has 3 rings (SSSR count). The van der Waals surface area contributed by atoms with Crippen LogP contribution in [0.5, 0.6) is 0 Å². The zero-order valence-corrected chi connectivity index (χ0v) is 15.3. The Morgan fingerprint density at radius 3 is 2.14 bits per heavy atom. The van der Waals surface area contributed by atoms with Crippen LogP contribution in [0, 0.1) is 5.92 Å². The molecule has 2 unspecified atom stereocenters. The van der Waals surface area contributed by atoms with Crippen LogP contribution in [0.4, 0.5) is 0 Å². The third kappa shape index (κ3) is 2.81. The van der Waals surface area contributed by atoms with E-state index in [2.05, 4.69) is 41.5 Å². The van der Waals surface area contributed by atoms with Crippen LogP contribution in [0.15, 0.2) is 0 Å². The summed E-state index contributed by atoms with van der Waals surface area (Å²) in [6, 6.07) is 0. The van der Waals surface area contributed by atoms with Gasteiger partial charge in [-0.1, -0.05) is 54.4 Å². The molecule has 2 heteroatoms. The molecule has 2 nitrogen and oxygen atoms in total. The summed E-state index contributed by atoms with van der Waals surface area (Å²) in [5, 5.41) is 0. The van der Waals surface area contributed by atoms with E-state index in [1.165, 1.54) is 55.5 Å². The van der Waals surface area contributed by atoms with Crippen molar-refractivity contribution in [1.29, 1.82) is 0 Å². The van der Waals surface area contributed by atoms with Crippen molar-refractivity contribution in [1.82, 2.24) is 9.97 Å². The van der Waals surface area contributed by atoms with Gasteiger partial charge in [0.05, 0.1) is 11.4 Å². The Morgan fingerprint density at radius 1 is 0.818 bits per heavy atom. The minimum atomic E-state index is 0.0244. The van der Waals surface area contributed by atoms with Crippen molar-refractivity contribution >= 4 is 0 Å². The molecular weight excluding hydrogens is 268 g/mol. The van der Waals surface area contributed by atoms with Crippen LogP contribution < -0.4 is 0 Å². The molecule has 0 amide bonds. The average molecular weight is 300 g/mol. The lowest BCUT2D eigenvalue weighted by molar-refractivity contribution is 0.266. The van der Waals surface area contributed by atoms with Crippen LogP contribution >= 0.6 is 0 Å². The molecule has 0 bridgehead atoms. The summed E-state index contributed by atoms with van der Waals surface area (Å²) >= 11 is 0. The lowest BCUT2D eigenvalue weighted by Gasteiger charge is -2.39. The molecule has 2 aliphatic carbocycles. The molecule has 1 fully saturated rings. The number of rotatable bonds is 0. The highest BCUT2D eigenvalue weighted by molar-refractivity contribution is 5.36. The normalized spacial score (nSPS) is 25.5. The molecule has 1 saturated carbocycles. The van der Waals surface area contributed by atoms with Gasteiger partial charge >= 0.3 is 0 Å². The van der Waals surface area contributed by atoms with Gasteiger partial charge < -0.3 is 0 Å². The van der Waals surface area contributed by atoms with Crippen molar-refractivity contribution in [2.45, 2.75) is 96.8 Å². The Morgan fingerprint density at radius 2 is 1.50 bits per heavy atom. The van der Waals surface area contributed by atoms with Crippen LogP contribution in [0.2, 0.25) is 0 Å². The van der Waals surface area contributed by atoms with Crippen LogP contribution in [-0.2, 0) is 17.3 Å². The maximum Gasteiger partial charge on any atom is 0.134 e. The van der Waals surface area contributed by atoms with Gasteiger partial charge in [0.2, 0.25) is 0 Å². The standard InChI is InChI=1S/C20H32N2/c1-19(2,3)17-15-12-11-13-9-7-8-10-14(13)16(15)21-18(22-17)20(4,5)6/h13-14H,7-12H2,1-6H3. The molecule has 0 spiro atoms. The van der Waals surface area contributed by atoms with Gasteiger partial charge in [0.25, 0.3) is 0 Å². The third-order valence-corrected chi connectivity index (χ3v) is 5.45. The summed E-state index contributed by atoms with van der Waals surface area (Å²) in [6.07, 6.45) is 8.07. The van der Waals surface area contributed by atoms with E-state index >= 15 is 0 Å². The molecule has 22 heavy (non-hydrogen) atoms. The Balaban J connectivity index is 2.17. The van der Waals surface area contributed by atoms with Gasteiger partial charge in [-0.2, -0.15) is 0 Å². The summed E-state index contributed by atoms with van der Waals surface area (Å²) in [7, 11) is 0. The van der Waals surface area contributed by atoms with E-state index < -0.39 is 0 Å². The first-order valence-electron chi connectivity index (χ1n) is 9.09. The lowest BCUT2D eigenvalue weighted by Crippen LogP contribution is -2.32. The summed E-state index contributed by atoms with van der Waals surface area (Å²) in [4.78, 5) is 10.2. The monoisotopic (exact) mass is 300 g/mol. The van der Waals surface area contributed by atoms with E-state index in [0.717, 1.165) is 11.7 Å². The first-order valence-corrected chi connectivity index (χ1v) is 9.09. The van der Waals surface area contributed by atoms with Crippen LogP contribution in [0.3, 0.4) is 0 Å². The Labute approximate surface area is 136 Å². The molecule has 0 aromatic carbocycles. The van der Waals surface area contributed by atoms with Gasteiger partial charge in [0.15, 0.2) is 0 Å². The van der Waals surface area contributed by atoms with Crippen molar-refractivity contribution in [2.24, 2.45) is 5.92 Å². The summed E-state index contributed by atoms with van der Waals surface area (Å²) < 4.78 is 0. The Bertz CT molecular complexity index is 560. The summed E-state index contributed by atoms with van der Waals surface area (Å²) in [6.45, 7) is 13.6. The van der Waals surface area contributed by atoms with Crippen molar-refractivity contribution in [3.8, 4) is 0 Å². The fourth-order valence-electron chi connectivity index (χ4n) is 4.25. The summed E-state index contributed by atoms with van der Waals surface area (Å²) in [5.41, 5.74) is 4.35. The van der Waals surface area contributed by atoms with E-state index in [0.29, 0.717) is 5.92 Å². The number of aromatic nitrogens is 2. The van der Waals surface area contributed by atoms with E-state index in [1.807, 2.05) is 0 Å². The van der Waals surface area contributed by atoms with Gasteiger partial charge in [0, 0.05) is 16.7 Å². The van der Waals surface area contributed by atoms with Crippen LogP contribution in [0.1, 0.15) is 102 Å². The highest BCUT2D eigenvalue weighted by Crippen LogP contribution is 2.46. The van der Waals surface area contributed by atoms with E-state index in [1.54, 1.807) is 0 Å². The SMILES string of the molecule is CC(C)(C)c1nc2c(c(C(C)(C)C)n1)CCC1CCCCC21. The van der Waals surface area contributed by atoms with Crippen molar-refractivity contribution in [2.75, 3.05) is 0 Å². The van der Waals surface area contributed by atoms with Gasteiger partial charge in [0.1, 0.15) is 5.82 Å². The molecule has 0 saturated heterocycles. The number of hydrogen-bond donors (Lipinski definition) is 0. The zero-order chi connectivity index (χ0) is 16.1. The molecule has 1 aromatic rings. The number of nitrogens with zero attached hydrogens (tertiary/aromatic N) is 2.